The molecular formula is C26H23N3O4S. The van der Waals surface area contributed by atoms with Crippen LogP contribution in [0.3, 0.4) is 0 Å². The lowest BCUT2D eigenvalue weighted by atomic mass is 10.0. The van der Waals surface area contributed by atoms with Gasteiger partial charge in [-0.3, -0.25) is 23.9 Å². The third-order valence-corrected chi connectivity index (χ3v) is 6.98. The fourth-order valence-electron chi connectivity index (χ4n) is 4.37. The number of aromatic nitrogens is 2. The quantitative estimate of drug-likeness (QED) is 0.369. The van der Waals surface area contributed by atoms with E-state index in [2.05, 4.69) is 4.98 Å². The predicted octanol–water partition coefficient (Wildman–Crippen LogP) is 4.52. The molecule has 0 unspecified atom stereocenters. The molecule has 0 spiro atoms. The molecule has 0 N–H and O–H groups in total. The van der Waals surface area contributed by atoms with Crippen molar-refractivity contribution in [3.05, 3.63) is 81.2 Å². The van der Waals surface area contributed by atoms with E-state index < -0.39 is 0 Å². The van der Waals surface area contributed by atoms with Crippen LogP contribution in [-0.4, -0.2) is 39.4 Å². The second kappa shape index (κ2) is 8.87. The van der Waals surface area contributed by atoms with Gasteiger partial charge in [-0.25, -0.2) is 4.98 Å². The highest BCUT2D eigenvalue weighted by atomic mass is 32.1. The Labute approximate surface area is 200 Å². The standard InChI is InChI=1S/C26H23N3O4S/c1-3-33-18-11-9-17(10-12-18)21-16(2)34-23-22(21)26(32)28(15-27-23)13-6-14-29-24(30)19-7-4-5-8-20(19)25(29)31/h4-5,7-12,15H,3,6,13-14H2,1-2H3. The molecule has 0 bridgehead atoms. The van der Waals surface area contributed by atoms with Crippen LogP contribution >= 0.6 is 11.3 Å². The zero-order valence-corrected chi connectivity index (χ0v) is 19.7. The first kappa shape index (κ1) is 22.0. The lowest BCUT2D eigenvalue weighted by Crippen LogP contribution is -2.32. The number of carbonyl (C=O) groups is 2. The molecule has 2 amide bonds. The maximum atomic E-state index is 13.4. The summed E-state index contributed by atoms with van der Waals surface area (Å²) in [5.74, 6) is 0.215. The summed E-state index contributed by atoms with van der Waals surface area (Å²) in [5, 5.41) is 0.592. The Morgan fingerprint density at radius 1 is 0.941 bits per heavy atom. The van der Waals surface area contributed by atoms with Crippen LogP contribution in [0.5, 0.6) is 5.75 Å². The fourth-order valence-corrected chi connectivity index (χ4v) is 5.37. The van der Waals surface area contributed by atoms with Crippen molar-refractivity contribution in [2.45, 2.75) is 26.8 Å². The number of hydrogen-bond donors (Lipinski definition) is 0. The number of thiophene rings is 1. The molecule has 8 heteroatoms. The van der Waals surface area contributed by atoms with Crippen LogP contribution in [0.15, 0.2) is 59.7 Å². The van der Waals surface area contributed by atoms with Gasteiger partial charge in [-0.15, -0.1) is 11.3 Å². The minimum Gasteiger partial charge on any atom is -0.494 e. The average Bonchev–Trinajstić information content (AvgIpc) is 3.31. The highest BCUT2D eigenvalue weighted by Gasteiger charge is 2.34. The summed E-state index contributed by atoms with van der Waals surface area (Å²) in [6.07, 6.45) is 2.00. The van der Waals surface area contributed by atoms with Crippen molar-refractivity contribution in [1.29, 1.82) is 0 Å². The van der Waals surface area contributed by atoms with E-state index in [-0.39, 0.29) is 23.9 Å². The van der Waals surface area contributed by atoms with Gasteiger partial charge in [-0.1, -0.05) is 24.3 Å². The van der Waals surface area contributed by atoms with Crippen molar-refractivity contribution in [2.24, 2.45) is 0 Å². The Kier molecular flexibility index (Phi) is 5.75. The number of rotatable bonds is 7. The molecule has 7 nitrogen and oxygen atoms in total. The molecule has 0 radical (unpaired) electrons. The maximum absolute atomic E-state index is 13.4. The van der Waals surface area contributed by atoms with Crippen molar-refractivity contribution in [3.8, 4) is 16.9 Å². The Morgan fingerprint density at radius 3 is 2.26 bits per heavy atom. The van der Waals surface area contributed by atoms with Crippen molar-refractivity contribution in [2.75, 3.05) is 13.2 Å². The van der Waals surface area contributed by atoms with Gasteiger partial charge in [-0.05, 0) is 50.1 Å². The normalized spacial score (nSPS) is 13.1. The van der Waals surface area contributed by atoms with Crippen LogP contribution < -0.4 is 10.3 Å². The van der Waals surface area contributed by atoms with E-state index in [0.717, 1.165) is 21.8 Å². The summed E-state index contributed by atoms with van der Waals surface area (Å²) in [4.78, 5) is 46.0. The molecule has 3 heterocycles. The zero-order valence-electron chi connectivity index (χ0n) is 18.9. The van der Waals surface area contributed by atoms with E-state index in [1.54, 1.807) is 35.2 Å². The zero-order chi connectivity index (χ0) is 23.8. The first-order chi connectivity index (χ1) is 16.5. The Bertz CT molecular complexity index is 1430. The Balaban J connectivity index is 1.38. The number of benzene rings is 2. The summed E-state index contributed by atoms with van der Waals surface area (Å²) >= 11 is 1.50. The molecule has 0 atom stereocenters. The highest BCUT2D eigenvalue weighted by Crippen LogP contribution is 2.36. The van der Waals surface area contributed by atoms with Crippen molar-refractivity contribution in [3.63, 3.8) is 0 Å². The van der Waals surface area contributed by atoms with Crippen molar-refractivity contribution >= 4 is 33.4 Å². The molecule has 2 aromatic heterocycles. The molecule has 0 aliphatic carbocycles. The molecule has 5 rings (SSSR count). The monoisotopic (exact) mass is 473 g/mol. The van der Waals surface area contributed by atoms with Crippen molar-refractivity contribution in [1.82, 2.24) is 14.5 Å². The third-order valence-electron chi connectivity index (χ3n) is 5.97. The molecular weight excluding hydrogens is 450 g/mol. The molecule has 172 valence electrons. The minimum atomic E-state index is -0.284. The van der Waals surface area contributed by atoms with Gasteiger partial charge in [0.25, 0.3) is 17.4 Å². The van der Waals surface area contributed by atoms with Crippen LogP contribution in [0.25, 0.3) is 21.3 Å². The van der Waals surface area contributed by atoms with E-state index >= 15 is 0 Å². The fraction of sp³-hybridized carbons (Fsp3) is 0.231. The van der Waals surface area contributed by atoms with E-state index in [4.69, 9.17) is 4.74 Å². The number of carbonyl (C=O) groups excluding carboxylic acids is 2. The summed E-state index contributed by atoms with van der Waals surface area (Å²) in [6, 6.07) is 14.5. The maximum Gasteiger partial charge on any atom is 0.262 e. The van der Waals surface area contributed by atoms with Gasteiger partial charge in [0.1, 0.15) is 10.6 Å². The van der Waals surface area contributed by atoms with Crippen LogP contribution in [0.1, 0.15) is 38.9 Å². The topological polar surface area (TPSA) is 81.5 Å². The molecule has 4 aromatic rings. The molecule has 34 heavy (non-hydrogen) atoms. The summed E-state index contributed by atoms with van der Waals surface area (Å²) < 4.78 is 7.09. The SMILES string of the molecule is CCOc1ccc(-c2c(C)sc3ncn(CCCN4C(=O)c5ccccc5C4=O)c(=O)c23)cc1. The number of ether oxygens (including phenoxy) is 1. The molecule has 0 saturated carbocycles. The number of fused-ring (bicyclic) bond motifs is 2. The average molecular weight is 474 g/mol. The van der Waals surface area contributed by atoms with Gasteiger partial charge in [0.2, 0.25) is 0 Å². The van der Waals surface area contributed by atoms with Gasteiger partial charge >= 0.3 is 0 Å². The second-order valence-corrected chi connectivity index (χ2v) is 9.28. The number of hydrogen-bond acceptors (Lipinski definition) is 6. The van der Waals surface area contributed by atoms with Gasteiger partial charge in [0, 0.05) is 23.5 Å². The lowest BCUT2D eigenvalue weighted by molar-refractivity contribution is 0.0650. The molecule has 0 fully saturated rings. The van der Waals surface area contributed by atoms with Crippen molar-refractivity contribution < 1.29 is 14.3 Å². The van der Waals surface area contributed by atoms with E-state index in [1.165, 1.54) is 16.2 Å². The smallest absolute Gasteiger partial charge is 0.262 e. The van der Waals surface area contributed by atoms with E-state index in [9.17, 15) is 14.4 Å². The number of nitrogens with zero attached hydrogens (tertiary/aromatic N) is 3. The molecule has 2 aromatic carbocycles. The first-order valence-electron chi connectivity index (χ1n) is 11.2. The summed E-state index contributed by atoms with van der Waals surface area (Å²) in [6.45, 7) is 5.12. The largest absolute Gasteiger partial charge is 0.494 e. The lowest BCUT2D eigenvalue weighted by Gasteiger charge is -2.14. The van der Waals surface area contributed by atoms with Gasteiger partial charge in [-0.2, -0.15) is 0 Å². The third kappa shape index (κ3) is 3.70. The van der Waals surface area contributed by atoms with Crippen LogP contribution in [-0.2, 0) is 6.54 Å². The number of imide groups is 1. The van der Waals surface area contributed by atoms with Crippen LogP contribution in [0.2, 0.25) is 0 Å². The van der Waals surface area contributed by atoms with E-state index in [1.807, 2.05) is 38.1 Å². The van der Waals surface area contributed by atoms with Crippen LogP contribution in [0, 0.1) is 6.92 Å². The van der Waals surface area contributed by atoms with Gasteiger partial charge in [0.15, 0.2) is 0 Å². The Hall–Kier alpha value is -3.78. The van der Waals surface area contributed by atoms with Gasteiger partial charge < -0.3 is 4.74 Å². The minimum absolute atomic E-state index is 0.124. The van der Waals surface area contributed by atoms with E-state index in [0.29, 0.717) is 40.9 Å². The summed E-state index contributed by atoms with van der Waals surface area (Å²) in [5.41, 5.74) is 2.56. The van der Waals surface area contributed by atoms with Crippen LogP contribution in [0.4, 0.5) is 0 Å². The number of amides is 2. The molecule has 1 aliphatic heterocycles. The van der Waals surface area contributed by atoms with Gasteiger partial charge in [0.05, 0.1) is 29.4 Å². The molecule has 1 aliphatic rings. The Morgan fingerprint density at radius 2 is 1.62 bits per heavy atom. The predicted molar refractivity (Wildman–Crippen MR) is 132 cm³/mol. The second-order valence-electron chi connectivity index (χ2n) is 8.07. The number of aryl methyl sites for hydroxylation is 2. The summed E-state index contributed by atoms with van der Waals surface area (Å²) in [7, 11) is 0. The first-order valence-corrected chi connectivity index (χ1v) is 12.0. The molecule has 0 saturated heterocycles. The highest BCUT2D eigenvalue weighted by molar-refractivity contribution is 7.19.